The number of nitrogen functional groups attached to an aromatic ring is 1. The molecule has 0 aliphatic carbocycles. The van der Waals surface area contributed by atoms with Gasteiger partial charge in [-0.1, -0.05) is 23.7 Å². The number of fused-ring (bicyclic) bond motifs is 1. The second-order valence-corrected chi connectivity index (χ2v) is 9.54. The Hall–Kier alpha value is -3.30. The number of ether oxygens (including phenoxy) is 1. The summed E-state index contributed by atoms with van der Waals surface area (Å²) in [5, 5.41) is 2.52. The summed E-state index contributed by atoms with van der Waals surface area (Å²) in [5.41, 5.74) is 6.27. The Morgan fingerprint density at radius 1 is 1.19 bits per heavy atom. The number of rotatable bonds is 4. The summed E-state index contributed by atoms with van der Waals surface area (Å²) in [6.07, 6.45) is -0.406. The number of halogens is 2. The fourth-order valence-corrected chi connectivity index (χ4v) is 5.26. The normalized spacial score (nSPS) is 15.6. The van der Waals surface area contributed by atoms with E-state index in [4.69, 9.17) is 22.1 Å². The van der Waals surface area contributed by atoms with E-state index in [1.54, 1.807) is 25.1 Å². The number of nitrogens with zero attached hydrogens (tertiary/aromatic N) is 1. The predicted molar refractivity (Wildman–Crippen MR) is 121 cm³/mol. The third-order valence-corrected chi connectivity index (χ3v) is 6.96. The van der Waals surface area contributed by atoms with E-state index in [1.165, 1.54) is 40.7 Å². The number of amides is 1. The van der Waals surface area contributed by atoms with Crippen LogP contribution < -0.4 is 20.1 Å². The lowest BCUT2D eigenvalue weighted by Gasteiger charge is -2.34. The summed E-state index contributed by atoms with van der Waals surface area (Å²) in [6.45, 7) is 1.81. The average molecular weight is 476 g/mol. The van der Waals surface area contributed by atoms with Crippen LogP contribution in [0.5, 0.6) is 5.75 Å². The van der Waals surface area contributed by atoms with Crippen LogP contribution in [0.1, 0.15) is 17.3 Å². The number of carbonyl (C=O) groups excluding carboxylic acids is 1. The molecule has 0 fully saturated rings. The first kappa shape index (κ1) is 21.9. The summed E-state index contributed by atoms with van der Waals surface area (Å²) in [6, 6.07) is 14.4. The molecule has 1 aliphatic rings. The number of benzene rings is 3. The third-order valence-electron chi connectivity index (χ3n) is 4.87. The standard InChI is InChI=1S/C22H19ClFN3O4S/c1-13-12-27(32(29,30)16-5-2-4-14(25)10-16)19-11-15(8-9-20(19)31-13)26-22(28)21-17(23)6-3-7-18(21)24/h2-11,13H,12,25H2,1H3,(H,26,28)/t13-/m0/s1. The number of sulfonamides is 1. The molecular weight excluding hydrogens is 457 g/mol. The van der Waals surface area contributed by atoms with Gasteiger partial charge in [0, 0.05) is 11.4 Å². The number of anilines is 3. The number of nitrogens with two attached hydrogens (primary N) is 1. The number of nitrogens with one attached hydrogen (secondary N) is 1. The van der Waals surface area contributed by atoms with E-state index in [0.29, 0.717) is 11.4 Å². The Balaban J connectivity index is 1.72. The van der Waals surface area contributed by atoms with Crippen molar-refractivity contribution in [1.29, 1.82) is 0 Å². The topological polar surface area (TPSA) is 102 Å². The van der Waals surface area contributed by atoms with Crippen LogP contribution in [0, 0.1) is 5.82 Å². The molecule has 7 nitrogen and oxygen atoms in total. The Kier molecular flexibility index (Phi) is 5.70. The van der Waals surface area contributed by atoms with Crippen LogP contribution in [0.2, 0.25) is 5.02 Å². The molecule has 0 saturated heterocycles. The highest BCUT2D eigenvalue weighted by Crippen LogP contribution is 2.39. The molecule has 3 aromatic carbocycles. The second-order valence-electron chi connectivity index (χ2n) is 7.27. The van der Waals surface area contributed by atoms with E-state index in [9.17, 15) is 17.6 Å². The molecule has 0 saturated carbocycles. The van der Waals surface area contributed by atoms with E-state index in [0.717, 1.165) is 6.07 Å². The SMILES string of the molecule is C[C@H]1CN(S(=O)(=O)c2cccc(N)c2)c2cc(NC(=O)c3c(F)cccc3Cl)ccc2O1. The Bertz CT molecular complexity index is 1300. The van der Waals surface area contributed by atoms with Crippen LogP contribution in [-0.2, 0) is 10.0 Å². The van der Waals surface area contributed by atoms with E-state index in [-0.39, 0.29) is 33.4 Å². The van der Waals surface area contributed by atoms with Gasteiger partial charge in [0.1, 0.15) is 17.7 Å². The van der Waals surface area contributed by atoms with Gasteiger partial charge in [-0.05, 0) is 55.5 Å². The number of hydrogen-bond acceptors (Lipinski definition) is 5. The third kappa shape index (κ3) is 4.09. The minimum atomic E-state index is -3.96. The Morgan fingerprint density at radius 2 is 1.94 bits per heavy atom. The van der Waals surface area contributed by atoms with Gasteiger partial charge in [-0.2, -0.15) is 0 Å². The minimum absolute atomic E-state index is 0.0325. The zero-order valence-electron chi connectivity index (χ0n) is 16.9. The highest BCUT2D eigenvalue weighted by atomic mass is 35.5. The van der Waals surface area contributed by atoms with Crippen molar-refractivity contribution in [3.63, 3.8) is 0 Å². The molecule has 1 amide bonds. The van der Waals surface area contributed by atoms with Crippen molar-refractivity contribution < 1.29 is 22.3 Å². The molecule has 1 aliphatic heterocycles. The fraction of sp³-hybridized carbons (Fsp3) is 0.136. The molecule has 0 aromatic heterocycles. The summed E-state index contributed by atoms with van der Waals surface area (Å²) in [7, 11) is -3.96. The molecule has 0 unspecified atom stereocenters. The predicted octanol–water partition coefficient (Wildman–Crippen LogP) is 4.29. The molecule has 3 N–H and O–H groups in total. The first-order valence-electron chi connectivity index (χ1n) is 9.61. The highest BCUT2D eigenvalue weighted by molar-refractivity contribution is 7.92. The number of carbonyl (C=O) groups is 1. The van der Waals surface area contributed by atoms with E-state index in [2.05, 4.69) is 5.32 Å². The van der Waals surface area contributed by atoms with Gasteiger partial charge in [-0.25, -0.2) is 12.8 Å². The second kappa shape index (κ2) is 8.33. The average Bonchev–Trinajstić information content (AvgIpc) is 2.73. The molecule has 166 valence electrons. The maximum atomic E-state index is 14.1. The van der Waals surface area contributed by atoms with Crippen molar-refractivity contribution in [2.24, 2.45) is 0 Å². The lowest BCUT2D eigenvalue weighted by Crippen LogP contribution is -2.42. The van der Waals surface area contributed by atoms with E-state index < -0.39 is 27.9 Å². The maximum Gasteiger partial charge on any atom is 0.264 e. The van der Waals surface area contributed by atoms with Crippen molar-refractivity contribution >= 4 is 44.6 Å². The van der Waals surface area contributed by atoms with Crippen molar-refractivity contribution in [2.75, 3.05) is 21.9 Å². The monoisotopic (exact) mass is 475 g/mol. The summed E-state index contributed by atoms with van der Waals surface area (Å²) in [4.78, 5) is 12.6. The highest BCUT2D eigenvalue weighted by Gasteiger charge is 2.33. The van der Waals surface area contributed by atoms with Crippen LogP contribution in [0.15, 0.2) is 65.6 Å². The van der Waals surface area contributed by atoms with Crippen LogP contribution in [0.25, 0.3) is 0 Å². The quantitative estimate of drug-likeness (QED) is 0.548. The van der Waals surface area contributed by atoms with E-state index in [1.807, 2.05) is 0 Å². The summed E-state index contributed by atoms with van der Waals surface area (Å²) in [5.74, 6) is -1.20. The molecule has 0 radical (unpaired) electrons. The largest absolute Gasteiger partial charge is 0.487 e. The molecule has 1 atom stereocenters. The first-order valence-corrected chi connectivity index (χ1v) is 11.4. The molecule has 10 heteroatoms. The summed E-state index contributed by atoms with van der Waals surface area (Å²) < 4.78 is 47.8. The lowest BCUT2D eigenvalue weighted by molar-refractivity contribution is 0.102. The Labute approximate surface area is 189 Å². The molecule has 0 bridgehead atoms. The zero-order valence-corrected chi connectivity index (χ0v) is 18.5. The van der Waals surface area contributed by atoms with Crippen molar-refractivity contribution in [3.05, 3.63) is 77.1 Å². The zero-order chi connectivity index (χ0) is 23.0. The number of hydrogen-bond donors (Lipinski definition) is 2. The summed E-state index contributed by atoms with van der Waals surface area (Å²) >= 11 is 5.97. The van der Waals surface area contributed by atoms with Gasteiger partial charge in [0.05, 0.1) is 27.7 Å². The molecule has 4 rings (SSSR count). The van der Waals surface area contributed by atoms with Gasteiger partial charge in [0.15, 0.2) is 0 Å². The van der Waals surface area contributed by atoms with Gasteiger partial charge in [-0.15, -0.1) is 0 Å². The minimum Gasteiger partial charge on any atom is -0.487 e. The van der Waals surface area contributed by atoms with Gasteiger partial charge in [0.2, 0.25) is 0 Å². The Morgan fingerprint density at radius 3 is 2.66 bits per heavy atom. The van der Waals surface area contributed by atoms with Crippen LogP contribution in [0.4, 0.5) is 21.5 Å². The molecule has 3 aromatic rings. The van der Waals surface area contributed by atoms with Crippen LogP contribution in [0.3, 0.4) is 0 Å². The van der Waals surface area contributed by atoms with Crippen molar-refractivity contribution in [2.45, 2.75) is 17.9 Å². The van der Waals surface area contributed by atoms with E-state index >= 15 is 0 Å². The smallest absolute Gasteiger partial charge is 0.264 e. The van der Waals surface area contributed by atoms with Gasteiger partial charge >= 0.3 is 0 Å². The fourth-order valence-electron chi connectivity index (χ4n) is 3.41. The van der Waals surface area contributed by atoms with Gasteiger partial charge in [-0.3, -0.25) is 9.10 Å². The molecule has 32 heavy (non-hydrogen) atoms. The molecule has 0 spiro atoms. The van der Waals surface area contributed by atoms with Gasteiger partial charge in [0.25, 0.3) is 15.9 Å². The van der Waals surface area contributed by atoms with Crippen molar-refractivity contribution in [1.82, 2.24) is 0 Å². The maximum absolute atomic E-state index is 14.1. The lowest BCUT2D eigenvalue weighted by atomic mass is 10.1. The molecule has 1 heterocycles. The van der Waals surface area contributed by atoms with Crippen LogP contribution >= 0.6 is 11.6 Å². The first-order chi connectivity index (χ1) is 15.2. The van der Waals surface area contributed by atoms with Gasteiger partial charge < -0.3 is 15.8 Å². The molecular formula is C22H19ClFN3O4S. The van der Waals surface area contributed by atoms with Crippen LogP contribution in [-0.4, -0.2) is 27.0 Å². The van der Waals surface area contributed by atoms with Crippen molar-refractivity contribution in [3.8, 4) is 5.75 Å².